The van der Waals surface area contributed by atoms with Gasteiger partial charge in [-0.2, -0.15) is 0 Å². The Hall–Kier alpha value is -2.03. The smallest absolute Gasteiger partial charge is 0.227 e. The summed E-state index contributed by atoms with van der Waals surface area (Å²) in [6.45, 7) is 4.75. The van der Waals surface area contributed by atoms with E-state index in [0.717, 1.165) is 23.4 Å². The van der Waals surface area contributed by atoms with Crippen LogP contribution in [0.3, 0.4) is 0 Å². The van der Waals surface area contributed by atoms with Gasteiger partial charge in [0.25, 0.3) is 0 Å². The Kier molecular flexibility index (Phi) is 5.95. The number of rotatable bonds is 6. The summed E-state index contributed by atoms with van der Waals surface area (Å²) in [6, 6.07) is 10.1. The molecule has 0 bridgehead atoms. The molecule has 134 valence electrons. The van der Waals surface area contributed by atoms with Gasteiger partial charge in [0.05, 0.1) is 18.5 Å². The number of carbonyl (C=O) groups excluding carboxylic acids is 1. The van der Waals surface area contributed by atoms with Crippen LogP contribution in [0.15, 0.2) is 41.0 Å². The fraction of sp³-hybridized carbons (Fsp3) is 0.500. The molecule has 0 N–H and O–H groups in total. The average molecular weight is 339 g/mol. The summed E-state index contributed by atoms with van der Waals surface area (Å²) in [5.74, 6) is 1.60. The summed E-state index contributed by atoms with van der Waals surface area (Å²) in [4.78, 5) is 15.2. The highest BCUT2D eigenvalue weighted by Crippen LogP contribution is 2.31. The van der Waals surface area contributed by atoms with Crippen molar-refractivity contribution in [3.63, 3.8) is 0 Å². The normalized spacial score (nSPS) is 15.3. The minimum atomic E-state index is 0.229. The highest BCUT2D eigenvalue weighted by Gasteiger charge is 2.25. The van der Waals surface area contributed by atoms with Gasteiger partial charge < -0.3 is 9.32 Å². The number of aryl methyl sites for hydroxylation is 2. The van der Waals surface area contributed by atoms with Gasteiger partial charge in [-0.3, -0.25) is 4.79 Å². The first kappa shape index (κ1) is 17.8. The van der Waals surface area contributed by atoms with Crippen molar-refractivity contribution in [1.82, 2.24) is 0 Å². The quantitative estimate of drug-likeness (QED) is 0.681. The minimum Gasteiger partial charge on any atom is -0.467 e. The molecule has 1 aliphatic rings. The third-order valence-corrected chi connectivity index (χ3v) is 5.36. The first-order valence-corrected chi connectivity index (χ1v) is 9.60. The third-order valence-electron chi connectivity index (χ3n) is 5.36. The fourth-order valence-electron chi connectivity index (χ4n) is 3.99. The summed E-state index contributed by atoms with van der Waals surface area (Å²) >= 11 is 0. The van der Waals surface area contributed by atoms with Crippen molar-refractivity contribution in [1.29, 1.82) is 0 Å². The molecule has 0 aliphatic heterocycles. The van der Waals surface area contributed by atoms with Crippen LogP contribution in [0.25, 0.3) is 0 Å². The molecule has 0 unspecified atom stereocenters. The molecule has 0 spiro atoms. The van der Waals surface area contributed by atoms with Crippen molar-refractivity contribution in [2.24, 2.45) is 5.92 Å². The van der Waals surface area contributed by atoms with Crippen LogP contribution in [-0.2, 0) is 17.8 Å². The molecule has 3 rings (SSSR count). The molecule has 1 aromatic heterocycles. The number of carbonyl (C=O) groups is 1. The lowest BCUT2D eigenvalue weighted by molar-refractivity contribution is -0.120. The maximum atomic E-state index is 13.2. The molecule has 1 aliphatic carbocycles. The average Bonchev–Trinajstić information content (AvgIpc) is 3.14. The lowest BCUT2D eigenvalue weighted by atomic mass is 9.86. The van der Waals surface area contributed by atoms with E-state index in [1.165, 1.54) is 37.7 Å². The Labute approximate surface area is 151 Å². The van der Waals surface area contributed by atoms with Crippen LogP contribution in [0.1, 0.15) is 62.3 Å². The second-order valence-corrected chi connectivity index (χ2v) is 7.20. The van der Waals surface area contributed by atoms with Crippen LogP contribution in [-0.4, -0.2) is 5.91 Å². The Morgan fingerprint density at radius 2 is 1.96 bits per heavy atom. The van der Waals surface area contributed by atoms with E-state index < -0.39 is 0 Å². The predicted octanol–water partition coefficient (Wildman–Crippen LogP) is 5.65. The first-order chi connectivity index (χ1) is 12.2. The topological polar surface area (TPSA) is 33.5 Å². The molecule has 0 radical (unpaired) electrons. The van der Waals surface area contributed by atoms with E-state index in [1.54, 1.807) is 6.26 Å². The van der Waals surface area contributed by atoms with Crippen LogP contribution in [0.4, 0.5) is 5.69 Å². The van der Waals surface area contributed by atoms with E-state index >= 15 is 0 Å². The summed E-state index contributed by atoms with van der Waals surface area (Å²) in [5.41, 5.74) is 3.45. The van der Waals surface area contributed by atoms with Crippen molar-refractivity contribution in [3.05, 3.63) is 53.5 Å². The monoisotopic (exact) mass is 339 g/mol. The van der Waals surface area contributed by atoms with E-state index in [9.17, 15) is 4.79 Å². The van der Waals surface area contributed by atoms with Crippen LogP contribution in [0.2, 0.25) is 0 Å². The Balaban J connectivity index is 1.88. The second kappa shape index (κ2) is 8.37. The molecule has 1 aromatic carbocycles. The summed E-state index contributed by atoms with van der Waals surface area (Å²) in [6.07, 6.45) is 9.47. The number of benzene rings is 1. The van der Waals surface area contributed by atoms with Gasteiger partial charge in [0.2, 0.25) is 5.91 Å². The molecule has 1 heterocycles. The van der Waals surface area contributed by atoms with Gasteiger partial charge in [-0.1, -0.05) is 44.4 Å². The number of amides is 1. The Morgan fingerprint density at radius 3 is 2.64 bits per heavy atom. The molecule has 0 saturated heterocycles. The van der Waals surface area contributed by atoms with Crippen LogP contribution in [0.5, 0.6) is 0 Å². The predicted molar refractivity (Wildman–Crippen MR) is 102 cm³/mol. The fourth-order valence-corrected chi connectivity index (χ4v) is 3.99. The second-order valence-electron chi connectivity index (χ2n) is 7.20. The van der Waals surface area contributed by atoms with Gasteiger partial charge in [-0.15, -0.1) is 0 Å². The largest absolute Gasteiger partial charge is 0.467 e. The lowest BCUT2D eigenvalue weighted by Crippen LogP contribution is -2.33. The van der Waals surface area contributed by atoms with E-state index in [1.807, 2.05) is 17.0 Å². The van der Waals surface area contributed by atoms with Crippen molar-refractivity contribution in [2.45, 2.75) is 65.3 Å². The molecule has 1 saturated carbocycles. The van der Waals surface area contributed by atoms with E-state index in [0.29, 0.717) is 18.9 Å². The minimum absolute atomic E-state index is 0.229. The zero-order chi connectivity index (χ0) is 17.6. The molecule has 1 amide bonds. The molecular formula is C22H29NO2. The summed E-state index contributed by atoms with van der Waals surface area (Å²) in [5, 5.41) is 0. The van der Waals surface area contributed by atoms with Gasteiger partial charge in [-0.05, 0) is 55.4 Å². The van der Waals surface area contributed by atoms with E-state index in [2.05, 4.69) is 32.0 Å². The Morgan fingerprint density at radius 1 is 1.16 bits per heavy atom. The molecule has 3 nitrogen and oxygen atoms in total. The van der Waals surface area contributed by atoms with E-state index in [4.69, 9.17) is 4.42 Å². The van der Waals surface area contributed by atoms with Crippen molar-refractivity contribution < 1.29 is 9.21 Å². The van der Waals surface area contributed by atoms with Crippen molar-refractivity contribution in [2.75, 3.05) is 4.90 Å². The Bertz CT molecular complexity index is 684. The van der Waals surface area contributed by atoms with Gasteiger partial charge in [0.1, 0.15) is 5.76 Å². The number of para-hydroxylation sites is 1. The molecule has 3 heteroatoms. The molecule has 1 fully saturated rings. The zero-order valence-corrected chi connectivity index (χ0v) is 15.5. The van der Waals surface area contributed by atoms with E-state index in [-0.39, 0.29) is 5.91 Å². The number of anilines is 1. The van der Waals surface area contributed by atoms with Crippen LogP contribution in [0, 0.1) is 12.8 Å². The standard InChI is InChI=1S/C22H29NO2/c1-3-19-12-7-9-17(2)22(19)23(16-20-13-8-14-25-20)21(24)15-18-10-5-4-6-11-18/h7-9,12-14,18H,3-6,10-11,15-16H2,1-2H3. The van der Waals surface area contributed by atoms with Crippen molar-refractivity contribution >= 4 is 11.6 Å². The van der Waals surface area contributed by atoms with Gasteiger partial charge in [-0.25, -0.2) is 0 Å². The highest BCUT2D eigenvalue weighted by atomic mass is 16.3. The van der Waals surface area contributed by atoms with Gasteiger partial charge in [0.15, 0.2) is 0 Å². The van der Waals surface area contributed by atoms with Crippen LogP contribution < -0.4 is 4.90 Å². The summed E-state index contributed by atoms with van der Waals surface area (Å²) in [7, 11) is 0. The molecular weight excluding hydrogens is 310 g/mol. The molecule has 0 atom stereocenters. The maximum absolute atomic E-state index is 13.2. The van der Waals surface area contributed by atoms with Crippen LogP contribution >= 0.6 is 0 Å². The van der Waals surface area contributed by atoms with Crippen molar-refractivity contribution in [3.8, 4) is 0 Å². The number of furan rings is 1. The SMILES string of the molecule is CCc1cccc(C)c1N(Cc1ccco1)C(=O)CC1CCCCC1. The molecule has 2 aromatic rings. The van der Waals surface area contributed by atoms with Gasteiger partial charge >= 0.3 is 0 Å². The maximum Gasteiger partial charge on any atom is 0.227 e. The first-order valence-electron chi connectivity index (χ1n) is 9.60. The zero-order valence-electron chi connectivity index (χ0n) is 15.5. The van der Waals surface area contributed by atoms with Gasteiger partial charge in [0, 0.05) is 6.42 Å². The molecule has 25 heavy (non-hydrogen) atoms. The number of hydrogen-bond acceptors (Lipinski definition) is 2. The third kappa shape index (κ3) is 4.33. The number of nitrogens with zero attached hydrogens (tertiary/aromatic N) is 1. The number of hydrogen-bond donors (Lipinski definition) is 0. The summed E-state index contributed by atoms with van der Waals surface area (Å²) < 4.78 is 5.55. The lowest BCUT2D eigenvalue weighted by Gasteiger charge is -2.29. The highest BCUT2D eigenvalue weighted by molar-refractivity contribution is 5.95.